The quantitative estimate of drug-likeness (QED) is 0.434. The molecule has 0 bridgehead atoms. The van der Waals surface area contributed by atoms with E-state index in [-0.39, 0.29) is 0 Å². The number of hydrogen-bond acceptors (Lipinski definition) is 4. The first-order valence-corrected chi connectivity index (χ1v) is 5.51. The van der Waals surface area contributed by atoms with Crippen LogP contribution in [-0.2, 0) is 4.79 Å². The molecule has 2 rings (SSSR count). The Hall–Kier alpha value is -0.650. The Labute approximate surface area is 90.6 Å². The van der Waals surface area contributed by atoms with Crippen molar-refractivity contribution in [3.05, 3.63) is 0 Å². The maximum absolute atomic E-state index is 9.00. The summed E-state index contributed by atoms with van der Waals surface area (Å²) in [6.07, 6.45) is 2.56. The summed E-state index contributed by atoms with van der Waals surface area (Å²) < 4.78 is 0. The Morgan fingerprint density at radius 2 is 1.73 bits per heavy atom. The number of rotatable bonds is 0. The lowest BCUT2D eigenvalue weighted by Crippen LogP contribution is -2.62. The van der Waals surface area contributed by atoms with Crippen LogP contribution in [0.2, 0.25) is 0 Å². The highest BCUT2D eigenvalue weighted by molar-refractivity contribution is 5.62. The molecule has 0 aromatic heterocycles. The number of aliphatic carboxylic acids is 1. The number of nitrogens with one attached hydrogen (secondary N) is 3. The first kappa shape index (κ1) is 12.4. The lowest BCUT2D eigenvalue weighted by atomic mass is 9.87. The van der Waals surface area contributed by atoms with Crippen molar-refractivity contribution in [1.29, 1.82) is 0 Å². The van der Waals surface area contributed by atoms with Crippen LogP contribution in [0, 0.1) is 0 Å². The van der Waals surface area contributed by atoms with Crippen molar-refractivity contribution in [2.24, 2.45) is 0 Å². The SMILES string of the molecule is C1CC2(CCN1)CNCCN2.CC(=O)O. The summed E-state index contributed by atoms with van der Waals surface area (Å²) in [6, 6.07) is 0. The molecule has 2 heterocycles. The molecule has 0 unspecified atom stereocenters. The molecule has 0 aromatic carbocycles. The van der Waals surface area contributed by atoms with Crippen LogP contribution in [0.3, 0.4) is 0 Å². The molecule has 4 N–H and O–H groups in total. The zero-order valence-corrected chi connectivity index (χ0v) is 9.31. The van der Waals surface area contributed by atoms with E-state index < -0.39 is 5.97 Å². The van der Waals surface area contributed by atoms with Gasteiger partial charge in [-0.25, -0.2) is 0 Å². The van der Waals surface area contributed by atoms with Gasteiger partial charge in [0, 0.05) is 32.1 Å². The molecule has 0 amide bonds. The van der Waals surface area contributed by atoms with E-state index in [9.17, 15) is 0 Å². The first-order chi connectivity index (χ1) is 7.15. The zero-order chi connectivity index (χ0) is 11.1. The van der Waals surface area contributed by atoms with Crippen molar-refractivity contribution in [3.63, 3.8) is 0 Å². The van der Waals surface area contributed by atoms with Crippen LogP contribution in [-0.4, -0.2) is 49.3 Å². The average molecular weight is 215 g/mol. The van der Waals surface area contributed by atoms with Gasteiger partial charge in [0.1, 0.15) is 0 Å². The van der Waals surface area contributed by atoms with Crippen LogP contribution >= 0.6 is 0 Å². The fourth-order valence-corrected chi connectivity index (χ4v) is 2.07. The number of carbonyl (C=O) groups is 1. The minimum Gasteiger partial charge on any atom is -0.481 e. The Morgan fingerprint density at radius 1 is 1.13 bits per heavy atom. The molecule has 88 valence electrons. The van der Waals surface area contributed by atoms with Crippen molar-refractivity contribution < 1.29 is 9.90 Å². The Balaban J connectivity index is 0.000000245. The monoisotopic (exact) mass is 215 g/mol. The standard InChI is InChI=1S/C8H17N3.C2H4O2/c1-3-9-4-2-8(1)7-10-5-6-11-8;1-2(3)4/h9-11H,1-7H2;1H3,(H,3,4). The van der Waals surface area contributed by atoms with Gasteiger partial charge in [0.15, 0.2) is 0 Å². The van der Waals surface area contributed by atoms with Gasteiger partial charge in [-0.3, -0.25) is 4.79 Å². The average Bonchev–Trinajstić information content (AvgIpc) is 2.19. The summed E-state index contributed by atoms with van der Waals surface area (Å²) in [4.78, 5) is 9.00. The Bertz CT molecular complexity index is 173. The number of carboxylic acid groups (broad SMARTS) is 1. The molecule has 2 saturated heterocycles. The third-order valence-electron chi connectivity index (χ3n) is 2.83. The van der Waals surface area contributed by atoms with Crippen LogP contribution in [0.15, 0.2) is 0 Å². The van der Waals surface area contributed by atoms with Crippen molar-refractivity contribution in [1.82, 2.24) is 16.0 Å². The second-order valence-electron chi connectivity index (χ2n) is 4.15. The normalized spacial score (nSPS) is 24.1. The van der Waals surface area contributed by atoms with Crippen molar-refractivity contribution in [3.8, 4) is 0 Å². The zero-order valence-electron chi connectivity index (χ0n) is 9.31. The van der Waals surface area contributed by atoms with Gasteiger partial charge >= 0.3 is 0 Å². The Morgan fingerprint density at radius 3 is 2.20 bits per heavy atom. The lowest BCUT2D eigenvalue weighted by Gasteiger charge is -2.42. The second kappa shape index (κ2) is 6.05. The van der Waals surface area contributed by atoms with E-state index in [1.807, 2.05) is 0 Å². The molecule has 0 radical (unpaired) electrons. The highest BCUT2D eigenvalue weighted by Gasteiger charge is 2.32. The molecule has 15 heavy (non-hydrogen) atoms. The molecular formula is C10H21N3O2. The lowest BCUT2D eigenvalue weighted by molar-refractivity contribution is -0.134. The van der Waals surface area contributed by atoms with Gasteiger partial charge in [-0.2, -0.15) is 0 Å². The molecule has 5 heteroatoms. The van der Waals surface area contributed by atoms with Crippen LogP contribution in [0.1, 0.15) is 19.8 Å². The summed E-state index contributed by atoms with van der Waals surface area (Å²) in [5.74, 6) is -0.833. The van der Waals surface area contributed by atoms with Crippen molar-refractivity contribution in [2.75, 3.05) is 32.7 Å². The van der Waals surface area contributed by atoms with E-state index in [4.69, 9.17) is 9.90 Å². The molecular weight excluding hydrogens is 194 g/mol. The third kappa shape index (κ3) is 4.59. The fourth-order valence-electron chi connectivity index (χ4n) is 2.07. The first-order valence-electron chi connectivity index (χ1n) is 5.51. The van der Waals surface area contributed by atoms with E-state index in [0.29, 0.717) is 5.54 Å². The fraction of sp³-hybridized carbons (Fsp3) is 0.900. The van der Waals surface area contributed by atoms with E-state index in [2.05, 4.69) is 16.0 Å². The molecule has 0 aliphatic carbocycles. The van der Waals surface area contributed by atoms with Crippen LogP contribution in [0.4, 0.5) is 0 Å². The topological polar surface area (TPSA) is 73.4 Å². The van der Waals surface area contributed by atoms with Gasteiger partial charge in [-0.15, -0.1) is 0 Å². The van der Waals surface area contributed by atoms with Crippen LogP contribution in [0.25, 0.3) is 0 Å². The Kier molecular flexibility index (Phi) is 5.01. The number of piperidine rings is 1. The molecule has 0 saturated carbocycles. The minimum atomic E-state index is -0.833. The molecule has 0 aromatic rings. The number of piperazine rings is 1. The maximum atomic E-state index is 9.00. The molecule has 2 aliphatic heterocycles. The largest absolute Gasteiger partial charge is 0.481 e. The van der Waals surface area contributed by atoms with Crippen LogP contribution < -0.4 is 16.0 Å². The van der Waals surface area contributed by atoms with Gasteiger partial charge in [-0.05, 0) is 25.9 Å². The smallest absolute Gasteiger partial charge is 0.300 e. The summed E-state index contributed by atoms with van der Waals surface area (Å²) >= 11 is 0. The highest BCUT2D eigenvalue weighted by Crippen LogP contribution is 2.18. The molecule has 2 aliphatic rings. The van der Waals surface area contributed by atoms with Crippen molar-refractivity contribution in [2.45, 2.75) is 25.3 Å². The summed E-state index contributed by atoms with van der Waals surface area (Å²) in [7, 11) is 0. The van der Waals surface area contributed by atoms with Gasteiger partial charge in [-0.1, -0.05) is 0 Å². The van der Waals surface area contributed by atoms with Gasteiger partial charge in [0.05, 0.1) is 0 Å². The number of hydrogen-bond donors (Lipinski definition) is 4. The van der Waals surface area contributed by atoms with E-state index in [0.717, 1.165) is 26.6 Å². The molecule has 2 fully saturated rings. The molecule has 5 nitrogen and oxygen atoms in total. The third-order valence-corrected chi connectivity index (χ3v) is 2.83. The molecule has 1 spiro atoms. The summed E-state index contributed by atoms with van der Waals surface area (Å²) in [6.45, 7) is 6.87. The van der Waals surface area contributed by atoms with E-state index in [1.54, 1.807) is 0 Å². The van der Waals surface area contributed by atoms with Gasteiger partial charge in [0.25, 0.3) is 5.97 Å². The summed E-state index contributed by atoms with van der Waals surface area (Å²) in [5, 5.41) is 17.9. The van der Waals surface area contributed by atoms with Gasteiger partial charge < -0.3 is 21.1 Å². The van der Waals surface area contributed by atoms with E-state index >= 15 is 0 Å². The number of carboxylic acids is 1. The summed E-state index contributed by atoms with van der Waals surface area (Å²) in [5.41, 5.74) is 0.434. The second-order valence-corrected chi connectivity index (χ2v) is 4.15. The van der Waals surface area contributed by atoms with Gasteiger partial charge in [0.2, 0.25) is 0 Å². The predicted molar refractivity (Wildman–Crippen MR) is 59.0 cm³/mol. The maximum Gasteiger partial charge on any atom is 0.300 e. The predicted octanol–water partition coefficient (Wildman–Crippen LogP) is -0.608. The van der Waals surface area contributed by atoms with Crippen LogP contribution in [0.5, 0.6) is 0 Å². The highest BCUT2D eigenvalue weighted by atomic mass is 16.4. The minimum absolute atomic E-state index is 0.434. The molecule has 0 atom stereocenters. The van der Waals surface area contributed by atoms with E-state index in [1.165, 1.54) is 25.9 Å². The van der Waals surface area contributed by atoms with Crippen molar-refractivity contribution >= 4 is 5.97 Å².